The first kappa shape index (κ1) is 20.7. The van der Waals surface area contributed by atoms with Crippen molar-refractivity contribution in [1.29, 1.82) is 0 Å². The summed E-state index contributed by atoms with van der Waals surface area (Å²) in [5.74, 6) is 0.738. The quantitative estimate of drug-likeness (QED) is 0.440. The maximum absolute atomic E-state index is 12.7. The van der Waals surface area contributed by atoms with E-state index < -0.39 is 23.0 Å². The summed E-state index contributed by atoms with van der Waals surface area (Å²) < 4.78 is 49.2. The molecule has 1 atom stereocenters. The highest BCUT2D eigenvalue weighted by molar-refractivity contribution is 7.98. The van der Waals surface area contributed by atoms with Gasteiger partial charge in [-0.1, -0.05) is 11.6 Å². The standard InChI is InChI=1S/C17H14ClF3O3S2/c1-9(16(22)25)23-14-8-11(4-6-15(14)26-2)24-13-5-3-10(7-12(13)18)17(19,20)21/h3-9H,1-2H3,(H,22,25)/p-1. The van der Waals surface area contributed by atoms with Gasteiger partial charge in [-0.3, -0.25) is 0 Å². The lowest BCUT2D eigenvalue weighted by Gasteiger charge is -2.19. The summed E-state index contributed by atoms with van der Waals surface area (Å²) in [6.07, 6.45) is -3.48. The van der Waals surface area contributed by atoms with Crippen molar-refractivity contribution in [2.24, 2.45) is 0 Å². The first-order chi connectivity index (χ1) is 12.1. The second kappa shape index (κ2) is 8.37. The summed E-state index contributed by atoms with van der Waals surface area (Å²) in [7, 11) is 0. The van der Waals surface area contributed by atoms with Gasteiger partial charge in [0.15, 0.2) is 0 Å². The Kier molecular flexibility index (Phi) is 6.65. The first-order valence-corrected chi connectivity index (χ1v) is 9.23. The van der Waals surface area contributed by atoms with Crippen LogP contribution in [-0.4, -0.2) is 17.5 Å². The molecule has 0 bridgehead atoms. The van der Waals surface area contributed by atoms with Gasteiger partial charge in [-0.05, 0) is 43.5 Å². The number of alkyl halides is 3. The van der Waals surface area contributed by atoms with Crippen LogP contribution in [0, 0.1) is 0 Å². The van der Waals surface area contributed by atoms with Gasteiger partial charge in [-0.15, -0.1) is 11.8 Å². The van der Waals surface area contributed by atoms with Crippen molar-refractivity contribution >= 4 is 41.1 Å². The third-order valence-corrected chi connectivity index (χ3v) is 4.66. The Bertz CT molecular complexity index is 812. The molecule has 0 N–H and O–H groups in total. The van der Waals surface area contributed by atoms with Crippen molar-refractivity contribution in [1.82, 2.24) is 0 Å². The van der Waals surface area contributed by atoms with E-state index in [2.05, 4.69) is 12.6 Å². The smallest absolute Gasteiger partial charge is 0.416 e. The predicted octanol–water partition coefficient (Wildman–Crippen LogP) is 5.71. The second-order valence-electron chi connectivity index (χ2n) is 5.14. The van der Waals surface area contributed by atoms with Crippen molar-refractivity contribution in [2.45, 2.75) is 24.1 Å². The van der Waals surface area contributed by atoms with E-state index in [1.54, 1.807) is 12.1 Å². The lowest BCUT2D eigenvalue weighted by atomic mass is 10.2. The number of hydrogen-bond donors (Lipinski definition) is 0. The molecule has 0 saturated heterocycles. The zero-order valence-corrected chi connectivity index (χ0v) is 16.0. The van der Waals surface area contributed by atoms with E-state index in [0.29, 0.717) is 11.5 Å². The third kappa shape index (κ3) is 5.18. The van der Waals surface area contributed by atoms with Gasteiger partial charge in [-0.2, -0.15) is 13.2 Å². The number of carbonyl (C=O) groups is 1. The highest BCUT2D eigenvalue weighted by atomic mass is 35.5. The molecule has 0 radical (unpaired) electrons. The minimum absolute atomic E-state index is 0.0647. The van der Waals surface area contributed by atoms with E-state index in [1.807, 2.05) is 6.26 Å². The monoisotopic (exact) mass is 421 g/mol. The van der Waals surface area contributed by atoms with Crippen LogP contribution in [0.3, 0.4) is 0 Å². The average molecular weight is 422 g/mol. The molecule has 1 unspecified atom stereocenters. The molecule has 2 aromatic carbocycles. The summed E-state index contributed by atoms with van der Waals surface area (Å²) in [4.78, 5) is 12.0. The van der Waals surface area contributed by atoms with Crippen LogP contribution >= 0.6 is 23.4 Å². The molecule has 0 fully saturated rings. The number of rotatable bonds is 6. The molecule has 0 heterocycles. The number of ether oxygens (including phenoxy) is 2. The predicted molar refractivity (Wildman–Crippen MR) is 97.2 cm³/mol. The fourth-order valence-corrected chi connectivity index (χ4v) is 2.72. The Balaban J connectivity index is 2.28. The van der Waals surface area contributed by atoms with Crippen LogP contribution in [0.25, 0.3) is 0 Å². The third-order valence-electron chi connectivity index (χ3n) is 3.26. The Morgan fingerprint density at radius 2 is 1.88 bits per heavy atom. The fourth-order valence-electron chi connectivity index (χ4n) is 1.94. The van der Waals surface area contributed by atoms with Crippen molar-refractivity contribution in [3.05, 3.63) is 47.0 Å². The highest BCUT2D eigenvalue weighted by Gasteiger charge is 2.31. The summed E-state index contributed by atoms with van der Waals surface area (Å²) in [5, 5.41) is -0.723. The molecule has 140 valence electrons. The molecule has 0 aliphatic rings. The van der Waals surface area contributed by atoms with E-state index in [1.165, 1.54) is 24.8 Å². The van der Waals surface area contributed by atoms with Gasteiger partial charge in [0.2, 0.25) is 0 Å². The zero-order valence-electron chi connectivity index (χ0n) is 13.6. The normalized spacial score (nSPS) is 12.5. The topological polar surface area (TPSA) is 35.5 Å². The Hall–Kier alpha value is -1.64. The Labute approximate surface area is 163 Å². The van der Waals surface area contributed by atoms with Gasteiger partial charge in [-0.25, -0.2) is 0 Å². The summed E-state index contributed by atoms with van der Waals surface area (Å²) >= 11 is 11.9. The average Bonchev–Trinajstić information content (AvgIpc) is 2.56. The van der Waals surface area contributed by atoms with Crippen LogP contribution in [-0.2, 0) is 23.6 Å². The Morgan fingerprint density at radius 3 is 2.42 bits per heavy atom. The van der Waals surface area contributed by atoms with Crippen molar-refractivity contribution in [2.75, 3.05) is 6.26 Å². The van der Waals surface area contributed by atoms with E-state index in [4.69, 9.17) is 21.1 Å². The molecule has 9 heteroatoms. The number of hydrogen-bond acceptors (Lipinski definition) is 5. The SMILES string of the molecule is CSc1ccc(Oc2ccc(C(F)(F)F)cc2Cl)cc1OC(C)C(=O)[S-]. The molecule has 0 saturated carbocycles. The molecule has 2 aromatic rings. The van der Waals surface area contributed by atoms with E-state index in [0.717, 1.165) is 23.1 Å². The number of thioether (sulfide) groups is 1. The maximum atomic E-state index is 12.7. The first-order valence-electron chi connectivity index (χ1n) is 7.22. The van der Waals surface area contributed by atoms with Gasteiger partial charge >= 0.3 is 6.18 Å². The molecule has 0 aromatic heterocycles. The van der Waals surface area contributed by atoms with Crippen LogP contribution in [0.15, 0.2) is 41.3 Å². The second-order valence-corrected chi connectivity index (χ2v) is 6.79. The van der Waals surface area contributed by atoms with E-state index in [9.17, 15) is 18.0 Å². The zero-order chi connectivity index (χ0) is 19.5. The van der Waals surface area contributed by atoms with Crippen LogP contribution in [0.4, 0.5) is 13.2 Å². The van der Waals surface area contributed by atoms with E-state index in [-0.39, 0.29) is 10.8 Å². The van der Waals surface area contributed by atoms with Crippen LogP contribution in [0.5, 0.6) is 17.2 Å². The summed E-state index contributed by atoms with van der Waals surface area (Å²) in [5.41, 5.74) is -0.866. The van der Waals surface area contributed by atoms with Gasteiger partial charge in [0.25, 0.3) is 0 Å². The highest BCUT2D eigenvalue weighted by Crippen LogP contribution is 2.38. The minimum atomic E-state index is -4.49. The lowest BCUT2D eigenvalue weighted by molar-refractivity contribution is -0.137. The molecule has 2 rings (SSSR count). The van der Waals surface area contributed by atoms with Gasteiger partial charge in [0, 0.05) is 11.0 Å². The fraction of sp³-hybridized carbons (Fsp3) is 0.235. The minimum Gasteiger partial charge on any atom is -0.738 e. The van der Waals surface area contributed by atoms with Crippen LogP contribution in [0.1, 0.15) is 12.5 Å². The van der Waals surface area contributed by atoms with Crippen LogP contribution < -0.4 is 9.47 Å². The maximum Gasteiger partial charge on any atom is 0.416 e. The van der Waals surface area contributed by atoms with Crippen molar-refractivity contribution in [3.8, 4) is 17.2 Å². The van der Waals surface area contributed by atoms with Crippen LogP contribution in [0.2, 0.25) is 5.02 Å². The molecular weight excluding hydrogens is 409 g/mol. The summed E-state index contributed by atoms with van der Waals surface area (Å²) in [6, 6.07) is 7.66. The molecular formula is C17H13ClF3O3S2-. The van der Waals surface area contributed by atoms with Crippen molar-refractivity contribution in [3.63, 3.8) is 0 Å². The van der Waals surface area contributed by atoms with Gasteiger partial charge in [0.1, 0.15) is 23.4 Å². The molecule has 3 nitrogen and oxygen atoms in total. The Morgan fingerprint density at radius 1 is 1.19 bits per heavy atom. The molecule has 0 spiro atoms. The molecule has 26 heavy (non-hydrogen) atoms. The lowest BCUT2D eigenvalue weighted by Crippen LogP contribution is -2.21. The van der Waals surface area contributed by atoms with Gasteiger partial charge in [0.05, 0.1) is 15.7 Å². The van der Waals surface area contributed by atoms with Crippen molar-refractivity contribution < 1.29 is 27.4 Å². The summed E-state index contributed by atoms with van der Waals surface area (Å²) in [6.45, 7) is 1.53. The van der Waals surface area contributed by atoms with Gasteiger partial charge < -0.3 is 26.9 Å². The molecule has 0 aliphatic carbocycles. The largest absolute Gasteiger partial charge is 0.738 e. The number of carbonyl (C=O) groups excluding carboxylic acids is 1. The number of halogens is 4. The number of benzene rings is 2. The molecule has 0 aliphatic heterocycles. The molecule has 0 amide bonds. The van der Waals surface area contributed by atoms with E-state index >= 15 is 0 Å².